The molecule has 3 N–H and O–H groups in total. The number of rotatable bonds is 5. The molecule has 0 radical (unpaired) electrons. The van der Waals surface area contributed by atoms with Gasteiger partial charge in [0, 0.05) is 11.5 Å². The lowest BCUT2D eigenvalue weighted by molar-refractivity contribution is 0.00860. The Kier molecular flexibility index (Phi) is 5.25. The van der Waals surface area contributed by atoms with Gasteiger partial charge in [-0.3, -0.25) is 11.3 Å². The zero-order valence-electron chi connectivity index (χ0n) is 9.82. The van der Waals surface area contributed by atoms with Gasteiger partial charge in [0.05, 0.1) is 17.2 Å². The fraction of sp³-hybridized carbons (Fsp3) is 0.667. The number of thiophene rings is 1. The van der Waals surface area contributed by atoms with Crippen molar-refractivity contribution in [2.75, 3.05) is 6.61 Å². The number of hydrogen-bond donors (Lipinski definition) is 2. The van der Waals surface area contributed by atoms with Crippen LogP contribution in [0, 0.1) is 0 Å². The molecule has 17 heavy (non-hydrogen) atoms. The van der Waals surface area contributed by atoms with Gasteiger partial charge in [0.15, 0.2) is 0 Å². The normalized spacial score (nSPS) is 22.6. The van der Waals surface area contributed by atoms with Crippen LogP contribution in [0.25, 0.3) is 0 Å². The van der Waals surface area contributed by atoms with E-state index in [-0.39, 0.29) is 6.04 Å². The van der Waals surface area contributed by atoms with Crippen molar-refractivity contribution in [2.24, 2.45) is 5.84 Å². The zero-order valence-corrected chi connectivity index (χ0v) is 11.4. The van der Waals surface area contributed by atoms with E-state index in [2.05, 4.69) is 5.43 Å². The molecule has 1 aromatic heterocycles. The van der Waals surface area contributed by atoms with E-state index >= 15 is 0 Å². The van der Waals surface area contributed by atoms with Gasteiger partial charge >= 0.3 is 0 Å². The van der Waals surface area contributed by atoms with E-state index in [1.54, 1.807) is 11.3 Å². The van der Waals surface area contributed by atoms with E-state index in [4.69, 9.17) is 22.2 Å². The van der Waals surface area contributed by atoms with Gasteiger partial charge in [0.1, 0.15) is 0 Å². The SMILES string of the molecule is NNC(CCC1CCCCO1)c1sccc1Cl. The van der Waals surface area contributed by atoms with Gasteiger partial charge in [0.2, 0.25) is 0 Å². The van der Waals surface area contributed by atoms with Gasteiger partial charge in [-0.2, -0.15) is 0 Å². The first-order chi connectivity index (χ1) is 8.31. The summed E-state index contributed by atoms with van der Waals surface area (Å²) in [6, 6.07) is 2.07. The van der Waals surface area contributed by atoms with Crippen LogP contribution in [-0.4, -0.2) is 12.7 Å². The third-order valence-electron chi connectivity index (χ3n) is 3.21. The lowest BCUT2D eigenvalue weighted by Gasteiger charge is -2.24. The van der Waals surface area contributed by atoms with Crippen molar-refractivity contribution in [3.63, 3.8) is 0 Å². The maximum absolute atomic E-state index is 6.12. The lowest BCUT2D eigenvalue weighted by Crippen LogP contribution is -2.29. The summed E-state index contributed by atoms with van der Waals surface area (Å²) in [7, 11) is 0. The summed E-state index contributed by atoms with van der Waals surface area (Å²) < 4.78 is 5.72. The summed E-state index contributed by atoms with van der Waals surface area (Å²) in [5.41, 5.74) is 2.86. The maximum atomic E-state index is 6.12. The molecule has 2 heterocycles. The first-order valence-electron chi connectivity index (χ1n) is 6.12. The molecule has 96 valence electrons. The minimum absolute atomic E-state index is 0.146. The monoisotopic (exact) mass is 274 g/mol. The zero-order chi connectivity index (χ0) is 12.1. The lowest BCUT2D eigenvalue weighted by atomic mass is 10.0. The molecule has 2 rings (SSSR count). The molecular weight excluding hydrogens is 256 g/mol. The molecule has 0 amide bonds. The predicted molar refractivity (Wildman–Crippen MR) is 72.2 cm³/mol. The van der Waals surface area contributed by atoms with Crippen molar-refractivity contribution in [3.8, 4) is 0 Å². The average Bonchev–Trinajstić information content (AvgIpc) is 2.78. The highest BCUT2D eigenvalue weighted by Crippen LogP contribution is 2.32. The Morgan fingerprint density at radius 2 is 2.47 bits per heavy atom. The molecule has 2 atom stereocenters. The summed E-state index contributed by atoms with van der Waals surface area (Å²) >= 11 is 7.77. The van der Waals surface area contributed by atoms with Crippen LogP contribution in [0.3, 0.4) is 0 Å². The van der Waals surface area contributed by atoms with Crippen molar-refractivity contribution >= 4 is 22.9 Å². The first kappa shape index (κ1) is 13.3. The fourth-order valence-electron chi connectivity index (χ4n) is 2.23. The molecule has 0 spiro atoms. The molecule has 0 bridgehead atoms. The fourth-order valence-corrected chi connectivity index (χ4v) is 3.52. The summed E-state index contributed by atoms with van der Waals surface area (Å²) in [5.74, 6) is 5.61. The van der Waals surface area contributed by atoms with E-state index in [9.17, 15) is 0 Å². The quantitative estimate of drug-likeness (QED) is 0.640. The number of nitrogens with two attached hydrogens (primary N) is 1. The molecule has 0 aromatic carbocycles. The van der Waals surface area contributed by atoms with E-state index in [0.717, 1.165) is 29.3 Å². The second-order valence-electron chi connectivity index (χ2n) is 4.42. The van der Waals surface area contributed by atoms with Gasteiger partial charge in [-0.25, -0.2) is 0 Å². The largest absolute Gasteiger partial charge is 0.378 e. The number of ether oxygens (including phenoxy) is 1. The molecule has 1 aliphatic heterocycles. The third kappa shape index (κ3) is 3.66. The number of nitrogens with one attached hydrogen (secondary N) is 1. The smallest absolute Gasteiger partial charge is 0.0575 e. The van der Waals surface area contributed by atoms with Crippen molar-refractivity contribution in [1.29, 1.82) is 0 Å². The average molecular weight is 275 g/mol. The van der Waals surface area contributed by atoms with Gasteiger partial charge in [0.25, 0.3) is 0 Å². The van der Waals surface area contributed by atoms with Gasteiger partial charge in [-0.05, 0) is 43.6 Å². The summed E-state index contributed by atoms with van der Waals surface area (Å²) in [5, 5.41) is 2.81. The van der Waals surface area contributed by atoms with Crippen LogP contribution in [0.4, 0.5) is 0 Å². The van der Waals surface area contributed by atoms with Crippen LogP contribution in [0.5, 0.6) is 0 Å². The Hall–Kier alpha value is -0.130. The van der Waals surface area contributed by atoms with Crippen molar-refractivity contribution in [2.45, 2.75) is 44.2 Å². The molecular formula is C12H19ClN2OS. The summed E-state index contributed by atoms with van der Waals surface area (Å²) in [4.78, 5) is 1.13. The van der Waals surface area contributed by atoms with Crippen LogP contribution in [0.1, 0.15) is 43.0 Å². The third-order valence-corrected chi connectivity index (χ3v) is 4.69. The molecule has 1 saturated heterocycles. The van der Waals surface area contributed by atoms with Crippen LogP contribution < -0.4 is 11.3 Å². The van der Waals surface area contributed by atoms with Crippen molar-refractivity contribution in [3.05, 3.63) is 21.3 Å². The second kappa shape index (κ2) is 6.71. The summed E-state index contributed by atoms with van der Waals surface area (Å²) in [6.45, 7) is 0.908. The Morgan fingerprint density at radius 1 is 1.59 bits per heavy atom. The molecule has 2 unspecified atom stereocenters. The number of hydrogen-bond acceptors (Lipinski definition) is 4. The molecule has 5 heteroatoms. The Bertz CT molecular complexity index is 339. The molecule has 3 nitrogen and oxygen atoms in total. The van der Waals surface area contributed by atoms with Crippen LogP contribution >= 0.6 is 22.9 Å². The Morgan fingerprint density at radius 3 is 3.06 bits per heavy atom. The maximum Gasteiger partial charge on any atom is 0.0575 e. The minimum atomic E-state index is 0.146. The minimum Gasteiger partial charge on any atom is -0.378 e. The highest BCUT2D eigenvalue weighted by molar-refractivity contribution is 7.10. The van der Waals surface area contributed by atoms with Gasteiger partial charge < -0.3 is 4.74 Å². The molecule has 1 fully saturated rings. The Balaban J connectivity index is 1.85. The van der Waals surface area contributed by atoms with Gasteiger partial charge in [-0.15, -0.1) is 11.3 Å². The number of halogens is 1. The van der Waals surface area contributed by atoms with Crippen LogP contribution in [0.2, 0.25) is 5.02 Å². The van der Waals surface area contributed by atoms with E-state index in [1.807, 2.05) is 11.4 Å². The van der Waals surface area contributed by atoms with E-state index < -0.39 is 0 Å². The predicted octanol–water partition coefficient (Wildman–Crippen LogP) is 3.26. The first-order valence-corrected chi connectivity index (χ1v) is 7.37. The molecule has 0 aliphatic carbocycles. The molecule has 1 aliphatic rings. The van der Waals surface area contributed by atoms with Crippen molar-refractivity contribution < 1.29 is 4.74 Å². The van der Waals surface area contributed by atoms with E-state index in [0.29, 0.717) is 6.10 Å². The molecule has 1 aromatic rings. The summed E-state index contributed by atoms with van der Waals surface area (Å²) in [6.07, 6.45) is 6.08. The van der Waals surface area contributed by atoms with E-state index in [1.165, 1.54) is 19.3 Å². The van der Waals surface area contributed by atoms with Crippen LogP contribution in [-0.2, 0) is 4.74 Å². The highest BCUT2D eigenvalue weighted by atomic mass is 35.5. The van der Waals surface area contributed by atoms with Crippen LogP contribution in [0.15, 0.2) is 11.4 Å². The van der Waals surface area contributed by atoms with Crippen molar-refractivity contribution in [1.82, 2.24) is 5.43 Å². The Labute approximate surface area is 111 Å². The second-order valence-corrected chi connectivity index (χ2v) is 5.77. The highest BCUT2D eigenvalue weighted by Gasteiger charge is 2.19. The van der Waals surface area contributed by atoms with Gasteiger partial charge in [-0.1, -0.05) is 11.6 Å². The standard InChI is InChI=1S/C12H19ClN2OS/c13-10-6-8-17-12(10)11(15-14)5-4-9-3-1-2-7-16-9/h6,8-9,11,15H,1-5,7,14H2. The molecule has 0 saturated carbocycles. The topological polar surface area (TPSA) is 47.3 Å². The number of hydrazine groups is 1.